The summed E-state index contributed by atoms with van der Waals surface area (Å²) in [5.74, 6) is 0.545. The van der Waals surface area contributed by atoms with Crippen LogP contribution in [0.1, 0.15) is 179 Å². The monoisotopic (exact) mass is 915 g/mol. The van der Waals surface area contributed by atoms with Crippen LogP contribution < -0.4 is 20.6 Å². The molecule has 1 atom stereocenters. The van der Waals surface area contributed by atoms with Crippen LogP contribution in [0.4, 0.5) is 28.4 Å². The minimum Gasteiger partial charge on any atom is -0.376 e. The highest BCUT2D eigenvalue weighted by Crippen LogP contribution is 2.61. The van der Waals surface area contributed by atoms with Gasteiger partial charge in [-0.1, -0.05) is 170 Å². The topological polar surface area (TPSA) is 6.48 Å². The lowest BCUT2D eigenvalue weighted by molar-refractivity contribution is 0.332. The van der Waals surface area contributed by atoms with Crippen molar-refractivity contribution >= 4 is 46.2 Å². The molecule has 2 aliphatic heterocycles. The second-order valence-corrected chi connectivity index (χ2v) is 26.6. The van der Waals surface area contributed by atoms with Crippen molar-refractivity contribution in [2.45, 2.75) is 161 Å². The summed E-state index contributed by atoms with van der Waals surface area (Å²) in [6, 6.07) is 49.2. The smallest absolute Gasteiger partial charge is 0.333 e. The van der Waals surface area contributed by atoms with E-state index < -0.39 is 0 Å². The molecular formula is C67H71BN2. The summed E-state index contributed by atoms with van der Waals surface area (Å²) in [5.41, 5.74) is 30.5. The molecule has 0 saturated heterocycles. The summed E-state index contributed by atoms with van der Waals surface area (Å²) in [6.07, 6.45) is 4.77. The van der Waals surface area contributed by atoms with Gasteiger partial charge in [0.25, 0.3) is 0 Å². The Labute approximate surface area is 419 Å². The van der Waals surface area contributed by atoms with Crippen molar-refractivity contribution in [1.82, 2.24) is 0 Å². The van der Waals surface area contributed by atoms with E-state index in [1.807, 2.05) is 0 Å². The molecule has 2 nitrogen and oxygen atoms in total. The molecule has 70 heavy (non-hydrogen) atoms. The SMILES string of the molecule is CC1CCC(C)(C)c2cc(N3c4cc5c(cc4B4c6c3cc3c(c6-c6cc7c(cc6N4c4ccc(C(C)(C)C)cc4)C(C)(C)c4ccccc4-7)C(C)(C)c4ccccc4-3)C(C)(C)CCC5(C)C)ccc21. The van der Waals surface area contributed by atoms with Gasteiger partial charge in [-0.2, -0.15) is 0 Å². The van der Waals surface area contributed by atoms with E-state index in [0.29, 0.717) is 5.92 Å². The van der Waals surface area contributed by atoms with Gasteiger partial charge in [-0.3, -0.25) is 0 Å². The molecule has 13 rings (SSSR count). The molecule has 7 aromatic rings. The number of benzene rings is 7. The minimum atomic E-state index is -0.232. The van der Waals surface area contributed by atoms with Crippen molar-refractivity contribution in [2.75, 3.05) is 9.71 Å². The van der Waals surface area contributed by atoms with Gasteiger partial charge in [0.05, 0.1) is 0 Å². The number of hydrogen-bond donors (Lipinski definition) is 0. The zero-order valence-electron chi connectivity index (χ0n) is 44.4. The maximum atomic E-state index is 2.80. The van der Waals surface area contributed by atoms with E-state index >= 15 is 0 Å². The van der Waals surface area contributed by atoms with Crippen LogP contribution >= 0.6 is 0 Å². The Bertz CT molecular complexity index is 3420. The van der Waals surface area contributed by atoms with Crippen LogP contribution in [0.15, 0.2) is 121 Å². The Morgan fingerprint density at radius 3 is 1.74 bits per heavy atom. The zero-order valence-corrected chi connectivity index (χ0v) is 44.4. The summed E-state index contributed by atoms with van der Waals surface area (Å²) in [5, 5.41) is 0. The Kier molecular flexibility index (Phi) is 8.83. The van der Waals surface area contributed by atoms with Crippen LogP contribution in [0.25, 0.3) is 33.4 Å². The molecule has 0 radical (unpaired) electrons. The molecule has 6 aliphatic rings. The third kappa shape index (κ3) is 5.81. The number of rotatable bonds is 2. The molecule has 4 aliphatic carbocycles. The summed E-state index contributed by atoms with van der Waals surface area (Å²) < 4.78 is 0. The summed E-state index contributed by atoms with van der Waals surface area (Å²) >= 11 is 0. The lowest BCUT2D eigenvalue weighted by Crippen LogP contribution is -2.62. The lowest BCUT2D eigenvalue weighted by atomic mass is 9.42. The van der Waals surface area contributed by atoms with Gasteiger partial charge in [-0.25, -0.2) is 0 Å². The molecule has 0 fully saturated rings. The van der Waals surface area contributed by atoms with Crippen LogP contribution in [0, 0.1) is 0 Å². The Morgan fingerprint density at radius 2 is 1.07 bits per heavy atom. The first-order chi connectivity index (χ1) is 33.0. The van der Waals surface area contributed by atoms with E-state index in [-0.39, 0.29) is 39.3 Å². The predicted molar refractivity (Wildman–Crippen MR) is 300 cm³/mol. The van der Waals surface area contributed by atoms with Gasteiger partial charge >= 0.3 is 6.85 Å². The average molecular weight is 915 g/mol. The van der Waals surface area contributed by atoms with Gasteiger partial charge in [0, 0.05) is 44.8 Å². The maximum absolute atomic E-state index is 2.80. The first-order valence-corrected chi connectivity index (χ1v) is 26.6. The van der Waals surface area contributed by atoms with Gasteiger partial charge in [-0.15, -0.1) is 0 Å². The highest BCUT2D eigenvalue weighted by Gasteiger charge is 2.52. The quantitative estimate of drug-likeness (QED) is 0.160. The van der Waals surface area contributed by atoms with Crippen molar-refractivity contribution in [3.8, 4) is 33.4 Å². The maximum Gasteiger partial charge on any atom is 0.333 e. The molecule has 1 unspecified atom stereocenters. The summed E-state index contributed by atoms with van der Waals surface area (Å²) in [6.45, 7) is 34.3. The summed E-state index contributed by atoms with van der Waals surface area (Å²) in [7, 11) is 0. The predicted octanol–water partition coefficient (Wildman–Crippen LogP) is 16.8. The first-order valence-electron chi connectivity index (χ1n) is 26.6. The molecule has 0 N–H and O–H groups in total. The van der Waals surface area contributed by atoms with Gasteiger partial charge in [-0.05, 0) is 191 Å². The van der Waals surface area contributed by atoms with E-state index in [4.69, 9.17) is 0 Å². The van der Waals surface area contributed by atoms with Gasteiger partial charge in [0.15, 0.2) is 0 Å². The second kappa shape index (κ2) is 14.0. The number of hydrogen-bond acceptors (Lipinski definition) is 2. The molecule has 0 spiro atoms. The van der Waals surface area contributed by atoms with Gasteiger partial charge < -0.3 is 9.71 Å². The molecule has 0 amide bonds. The molecule has 3 heteroatoms. The van der Waals surface area contributed by atoms with Gasteiger partial charge in [0.2, 0.25) is 0 Å². The first kappa shape index (κ1) is 44.2. The Balaban J connectivity index is 1.22. The molecule has 0 saturated carbocycles. The normalized spacial score (nSPS) is 20.5. The van der Waals surface area contributed by atoms with E-state index in [9.17, 15) is 0 Å². The van der Waals surface area contributed by atoms with E-state index in [1.165, 1.54) is 148 Å². The standard InChI is InChI=1S/C67H71BN2/c1-39-29-30-63(5,6)51-33-42(27-28-43(39)51)69-57-38-54-53(64(7,8)31-32-65(54,9)10)36-55(57)68-61-58(69)35-47-45-20-16-18-22-50(45)67(13,14)60(47)59(61)48-34-46-44-19-15-17-21-49(44)66(11,12)52(46)37-56(48)70(68)41-25-23-40(24-26-41)62(2,3)4/h15-28,33-39H,29-32H2,1-14H3. The van der Waals surface area contributed by atoms with Crippen LogP contribution in [0.3, 0.4) is 0 Å². The molecule has 7 aromatic carbocycles. The minimum absolute atomic E-state index is 0.0315. The average Bonchev–Trinajstić information content (AvgIpc) is 3.69. The van der Waals surface area contributed by atoms with Crippen molar-refractivity contribution in [1.29, 1.82) is 0 Å². The third-order valence-corrected chi connectivity index (χ3v) is 19.2. The largest absolute Gasteiger partial charge is 0.376 e. The van der Waals surface area contributed by atoms with E-state index in [1.54, 1.807) is 0 Å². The molecular weight excluding hydrogens is 844 g/mol. The summed E-state index contributed by atoms with van der Waals surface area (Å²) in [4.78, 5) is 5.56. The number of fused-ring (bicyclic) bond motifs is 13. The lowest BCUT2D eigenvalue weighted by Gasteiger charge is -2.49. The van der Waals surface area contributed by atoms with Gasteiger partial charge in [0.1, 0.15) is 0 Å². The molecule has 0 aromatic heterocycles. The van der Waals surface area contributed by atoms with E-state index in [0.717, 1.165) is 0 Å². The van der Waals surface area contributed by atoms with Crippen LogP contribution in [0.5, 0.6) is 0 Å². The molecule has 0 bridgehead atoms. The fraction of sp³-hybridized carbons (Fsp3) is 0.373. The van der Waals surface area contributed by atoms with Crippen molar-refractivity contribution < 1.29 is 0 Å². The number of anilines is 5. The van der Waals surface area contributed by atoms with Crippen molar-refractivity contribution in [3.63, 3.8) is 0 Å². The van der Waals surface area contributed by atoms with Crippen LogP contribution in [0.2, 0.25) is 0 Å². The Hall–Kier alpha value is -5.80. The van der Waals surface area contributed by atoms with Crippen molar-refractivity contribution in [3.05, 3.63) is 171 Å². The highest BCUT2D eigenvalue weighted by atomic mass is 15.2. The zero-order chi connectivity index (χ0) is 49.0. The molecule has 352 valence electrons. The fourth-order valence-electron chi connectivity index (χ4n) is 14.8. The number of nitrogens with zero attached hydrogens (tertiary/aromatic N) is 2. The van der Waals surface area contributed by atoms with E-state index in [2.05, 4.69) is 228 Å². The van der Waals surface area contributed by atoms with Crippen LogP contribution in [-0.2, 0) is 32.5 Å². The fourth-order valence-corrected chi connectivity index (χ4v) is 14.8. The Morgan fingerprint density at radius 1 is 0.486 bits per heavy atom. The van der Waals surface area contributed by atoms with Crippen molar-refractivity contribution in [2.24, 2.45) is 0 Å². The molecule has 2 heterocycles. The highest BCUT2D eigenvalue weighted by molar-refractivity contribution is 6.93. The van der Waals surface area contributed by atoms with Crippen LogP contribution in [-0.4, -0.2) is 6.85 Å². The third-order valence-electron chi connectivity index (χ3n) is 19.2. The second-order valence-electron chi connectivity index (χ2n) is 26.6.